The first-order valence-corrected chi connectivity index (χ1v) is 11.1. The van der Waals surface area contributed by atoms with Crippen molar-refractivity contribution in [3.8, 4) is 0 Å². The number of rotatable bonds is 7. The van der Waals surface area contributed by atoms with Gasteiger partial charge in [-0.3, -0.25) is 4.79 Å². The van der Waals surface area contributed by atoms with Gasteiger partial charge in [0.25, 0.3) is 5.91 Å². The molecule has 1 fully saturated rings. The summed E-state index contributed by atoms with van der Waals surface area (Å²) in [5, 5.41) is 0.766. The summed E-state index contributed by atoms with van der Waals surface area (Å²) >= 11 is 1.55. The molecule has 2 aromatic rings. The van der Waals surface area contributed by atoms with Gasteiger partial charge >= 0.3 is 0 Å². The van der Waals surface area contributed by atoms with Crippen LogP contribution in [-0.4, -0.2) is 47.0 Å². The molecule has 7 heteroatoms. The van der Waals surface area contributed by atoms with Crippen LogP contribution in [0.15, 0.2) is 27.8 Å². The van der Waals surface area contributed by atoms with Gasteiger partial charge in [-0.25, -0.2) is 9.97 Å². The number of carbonyl (C=O) groups excluding carboxylic acids is 1. The van der Waals surface area contributed by atoms with Crippen molar-refractivity contribution in [2.24, 2.45) is 0 Å². The number of furan rings is 1. The average Bonchev–Trinajstić information content (AvgIpc) is 3.20. The van der Waals surface area contributed by atoms with Crippen LogP contribution in [0.2, 0.25) is 0 Å². The zero-order valence-electron chi connectivity index (χ0n) is 17.3. The van der Waals surface area contributed by atoms with Gasteiger partial charge in [-0.1, -0.05) is 18.7 Å². The Morgan fingerprint density at radius 3 is 2.86 bits per heavy atom. The zero-order chi connectivity index (χ0) is 20.1. The second kappa shape index (κ2) is 9.45. The molecule has 6 nitrogen and oxygen atoms in total. The third kappa shape index (κ3) is 4.87. The summed E-state index contributed by atoms with van der Waals surface area (Å²) in [6, 6.07) is 6.24. The Morgan fingerprint density at radius 1 is 1.32 bits per heavy atom. The van der Waals surface area contributed by atoms with Gasteiger partial charge < -0.3 is 14.2 Å². The van der Waals surface area contributed by atoms with Gasteiger partial charge in [0, 0.05) is 37.9 Å². The van der Waals surface area contributed by atoms with Crippen molar-refractivity contribution in [2.75, 3.05) is 25.0 Å². The molecular formula is C21H30N4O2S. The minimum atomic E-state index is -0.0932. The van der Waals surface area contributed by atoms with E-state index in [0.29, 0.717) is 24.1 Å². The lowest BCUT2D eigenvalue weighted by Gasteiger charge is -2.34. The van der Waals surface area contributed by atoms with Crippen molar-refractivity contribution in [3.63, 3.8) is 0 Å². The first-order valence-electron chi connectivity index (χ1n) is 10.1. The summed E-state index contributed by atoms with van der Waals surface area (Å²) in [7, 11) is 1.77. The van der Waals surface area contributed by atoms with Crippen LogP contribution in [0, 0.1) is 0 Å². The molecule has 2 aromatic heterocycles. The van der Waals surface area contributed by atoms with E-state index in [1.165, 1.54) is 19.3 Å². The van der Waals surface area contributed by atoms with Crippen molar-refractivity contribution in [1.29, 1.82) is 0 Å². The normalized spacial score (nSPS) is 17.0. The molecule has 0 unspecified atom stereocenters. The van der Waals surface area contributed by atoms with Gasteiger partial charge in [-0.2, -0.15) is 0 Å². The van der Waals surface area contributed by atoms with Gasteiger partial charge in [0.1, 0.15) is 11.6 Å². The lowest BCUT2D eigenvalue weighted by Crippen LogP contribution is -2.38. The molecule has 1 amide bonds. The highest BCUT2D eigenvalue weighted by Gasteiger charge is 2.21. The van der Waals surface area contributed by atoms with E-state index < -0.39 is 0 Å². The fraction of sp³-hybridized carbons (Fsp3) is 0.571. The summed E-state index contributed by atoms with van der Waals surface area (Å²) in [5.74, 6) is 2.68. The summed E-state index contributed by atoms with van der Waals surface area (Å²) in [6.07, 6.45) is 4.60. The molecule has 0 aromatic carbocycles. The molecule has 1 atom stereocenters. The number of carbonyl (C=O) groups is 1. The average molecular weight is 403 g/mol. The van der Waals surface area contributed by atoms with Crippen LogP contribution in [0.1, 0.15) is 62.0 Å². The quantitative estimate of drug-likeness (QED) is 0.505. The number of anilines is 1. The first-order chi connectivity index (χ1) is 13.5. The van der Waals surface area contributed by atoms with Crippen molar-refractivity contribution in [2.45, 2.75) is 63.4 Å². The summed E-state index contributed by atoms with van der Waals surface area (Å²) in [5.41, 5.74) is 1.06. The summed E-state index contributed by atoms with van der Waals surface area (Å²) in [4.78, 5) is 25.7. The number of aromatic nitrogens is 2. The third-order valence-electron chi connectivity index (χ3n) is 5.24. The molecule has 152 valence electrons. The van der Waals surface area contributed by atoms with Crippen molar-refractivity contribution >= 4 is 23.5 Å². The molecule has 0 aliphatic carbocycles. The van der Waals surface area contributed by atoms with Crippen LogP contribution in [0.3, 0.4) is 0 Å². The van der Waals surface area contributed by atoms with Crippen LogP contribution < -0.4 is 4.90 Å². The largest absolute Gasteiger partial charge is 0.455 e. The minimum Gasteiger partial charge on any atom is -0.455 e. The van der Waals surface area contributed by atoms with E-state index in [1.807, 2.05) is 13.0 Å². The molecule has 28 heavy (non-hydrogen) atoms. The van der Waals surface area contributed by atoms with E-state index in [-0.39, 0.29) is 5.91 Å². The number of hydrogen-bond donors (Lipinski definition) is 0. The second-order valence-corrected chi connectivity index (χ2v) is 8.21. The fourth-order valence-electron chi connectivity index (χ4n) is 3.33. The monoisotopic (exact) mass is 402 g/mol. The highest BCUT2D eigenvalue weighted by molar-refractivity contribution is 7.98. The van der Waals surface area contributed by atoms with E-state index >= 15 is 0 Å². The maximum absolute atomic E-state index is 12.2. The predicted octanol–water partition coefficient (Wildman–Crippen LogP) is 4.40. The Labute approximate surface area is 171 Å². The molecule has 0 saturated carbocycles. The Morgan fingerprint density at radius 2 is 2.14 bits per heavy atom. The Balaban J connectivity index is 1.71. The number of thioether (sulfide) groups is 1. The van der Waals surface area contributed by atoms with E-state index in [2.05, 4.69) is 29.8 Å². The number of piperidine rings is 1. The van der Waals surface area contributed by atoms with Gasteiger partial charge in [-0.05, 0) is 51.7 Å². The molecule has 1 aliphatic rings. The topological polar surface area (TPSA) is 62.5 Å². The van der Waals surface area contributed by atoms with Crippen LogP contribution >= 0.6 is 11.8 Å². The summed E-state index contributed by atoms with van der Waals surface area (Å²) in [6.45, 7) is 8.04. The maximum atomic E-state index is 12.2. The van der Waals surface area contributed by atoms with E-state index in [0.717, 1.165) is 35.4 Å². The molecule has 0 radical (unpaired) electrons. The first kappa shape index (κ1) is 20.7. The molecule has 0 bridgehead atoms. The number of nitrogens with zero attached hydrogens (tertiary/aromatic N) is 4. The molecule has 3 rings (SSSR count). The third-order valence-corrected chi connectivity index (χ3v) is 6.11. The van der Waals surface area contributed by atoms with E-state index in [1.54, 1.807) is 29.8 Å². The molecule has 0 spiro atoms. The molecular weight excluding hydrogens is 372 g/mol. The van der Waals surface area contributed by atoms with Crippen LogP contribution in [0.25, 0.3) is 0 Å². The van der Waals surface area contributed by atoms with Gasteiger partial charge in [-0.15, -0.1) is 0 Å². The van der Waals surface area contributed by atoms with Crippen LogP contribution in [-0.2, 0) is 12.2 Å². The van der Waals surface area contributed by atoms with Crippen molar-refractivity contribution in [1.82, 2.24) is 14.9 Å². The SMILES string of the molecule is CCc1cc(N2CCCC[C@@H]2C)nc(SCc2ccc(C(=O)N(C)CC)o2)n1. The van der Waals surface area contributed by atoms with Crippen molar-refractivity contribution in [3.05, 3.63) is 35.4 Å². The number of hydrogen-bond acceptors (Lipinski definition) is 6. The lowest BCUT2D eigenvalue weighted by molar-refractivity contribution is 0.0769. The van der Waals surface area contributed by atoms with Gasteiger partial charge in [0.05, 0.1) is 5.75 Å². The second-order valence-electron chi connectivity index (χ2n) is 7.27. The Bertz CT molecular complexity index is 807. The fourth-order valence-corrected chi connectivity index (χ4v) is 4.09. The standard InChI is InChI=1S/C21H30N4O2S/c1-5-16-13-19(25-12-8-7-9-15(25)3)23-21(22-16)28-14-17-10-11-18(27-17)20(26)24(4)6-2/h10-11,13,15H,5-9,12,14H2,1-4H3/t15-/m0/s1. The predicted molar refractivity (Wildman–Crippen MR) is 113 cm³/mol. The Kier molecular flexibility index (Phi) is 6.99. The van der Waals surface area contributed by atoms with Crippen LogP contribution in [0.5, 0.6) is 0 Å². The van der Waals surface area contributed by atoms with E-state index in [9.17, 15) is 4.79 Å². The Hall–Kier alpha value is -2.02. The zero-order valence-corrected chi connectivity index (χ0v) is 18.1. The highest BCUT2D eigenvalue weighted by Crippen LogP contribution is 2.27. The van der Waals surface area contributed by atoms with Crippen molar-refractivity contribution < 1.29 is 9.21 Å². The molecule has 1 aliphatic heterocycles. The van der Waals surface area contributed by atoms with Gasteiger partial charge in [0.15, 0.2) is 10.9 Å². The van der Waals surface area contributed by atoms with Gasteiger partial charge in [0.2, 0.25) is 0 Å². The molecule has 1 saturated heterocycles. The number of aryl methyl sites for hydroxylation is 1. The number of amides is 1. The smallest absolute Gasteiger partial charge is 0.289 e. The molecule has 0 N–H and O–H groups in total. The molecule has 3 heterocycles. The lowest BCUT2D eigenvalue weighted by atomic mass is 10.0. The highest BCUT2D eigenvalue weighted by atomic mass is 32.2. The van der Waals surface area contributed by atoms with E-state index in [4.69, 9.17) is 9.40 Å². The minimum absolute atomic E-state index is 0.0932. The maximum Gasteiger partial charge on any atom is 0.289 e. The summed E-state index contributed by atoms with van der Waals surface area (Å²) < 4.78 is 5.73. The van der Waals surface area contributed by atoms with Crippen LogP contribution in [0.4, 0.5) is 5.82 Å².